The van der Waals surface area contributed by atoms with Crippen molar-refractivity contribution in [3.63, 3.8) is 0 Å². The monoisotopic (exact) mass is 169 g/mol. The van der Waals surface area contributed by atoms with Crippen LogP contribution in [0.5, 0.6) is 0 Å². The lowest BCUT2D eigenvalue weighted by Crippen LogP contribution is -1.99. The summed E-state index contributed by atoms with van der Waals surface area (Å²) in [5, 5.41) is 10.2. The summed E-state index contributed by atoms with van der Waals surface area (Å²) >= 11 is 0. The van der Waals surface area contributed by atoms with E-state index in [9.17, 15) is 14.5 Å². The van der Waals surface area contributed by atoms with Gasteiger partial charge in [0.25, 0.3) is 5.69 Å². The highest BCUT2D eigenvalue weighted by atomic mass is 19.1. The van der Waals surface area contributed by atoms with Crippen LogP contribution in [0.1, 0.15) is 5.56 Å². The summed E-state index contributed by atoms with van der Waals surface area (Å²) in [7, 11) is 0. The molecule has 0 aliphatic carbocycles. The molecule has 5 heteroatoms. The average Bonchev–Trinajstić information content (AvgIpc) is 2.03. The number of benzene rings is 1. The minimum absolute atomic E-state index is 0.0403. The van der Waals surface area contributed by atoms with Gasteiger partial charge in [-0.2, -0.15) is 0 Å². The third-order valence-electron chi connectivity index (χ3n) is 1.31. The number of halogens is 1. The van der Waals surface area contributed by atoms with Crippen molar-refractivity contribution in [1.29, 1.82) is 0 Å². The summed E-state index contributed by atoms with van der Waals surface area (Å²) in [6.45, 7) is 0.0403. The Morgan fingerprint density at radius 2 is 2.33 bits per heavy atom. The lowest BCUT2D eigenvalue weighted by Gasteiger charge is -1.95. The van der Waals surface area contributed by atoms with Crippen molar-refractivity contribution >= 4 is 5.69 Å². The largest absolute Gasteiger partial charge is 0.326 e. The maximum absolute atomic E-state index is 12.6. The van der Waals surface area contributed by atoms with E-state index in [1.165, 1.54) is 6.07 Å². The first kappa shape index (κ1) is 8.61. The smallest absolute Gasteiger partial charge is 0.272 e. The molecular formula is C7H6FN2O2. The van der Waals surface area contributed by atoms with E-state index in [1.54, 1.807) is 0 Å². The molecule has 0 unspecified atom stereocenters. The molecule has 1 aromatic rings. The summed E-state index contributed by atoms with van der Waals surface area (Å²) in [5.41, 5.74) is 5.16. The molecule has 63 valence electrons. The fourth-order valence-electron chi connectivity index (χ4n) is 0.791. The molecule has 0 aromatic heterocycles. The molecule has 0 atom stereocenters. The number of nitrogens with zero attached hydrogens (tertiary/aromatic N) is 1. The maximum atomic E-state index is 12.6. The molecule has 1 rings (SSSR count). The summed E-state index contributed by atoms with van der Waals surface area (Å²) in [4.78, 5) is 9.53. The first-order chi connectivity index (χ1) is 5.63. The summed E-state index contributed by atoms with van der Waals surface area (Å²) in [6, 6.07) is 4.26. The Kier molecular flexibility index (Phi) is 2.35. The number of hydrogen-bond donors (Lipinski definition) is 1. The Labute approximate surface area is 68.0 Å². The van der Waals surface area contributed by atoms with Crippen LogP contribution in [0.4, 0.5) is 10.1 Å². The first-order valence-corrected chi connectivity index (χ1v) is 3.19. The second-order valence-corrected chi connectivity index (χ2v) is 2.17. The summed E-state index contributed by atoms with van der Waals surface area (Å²) in [6.07, 6.45) is 0. The van der Waals surface area contributed by atoms with Gasteiger partial charge < -0.3 is 5.73 Å². The molecular weight excluding hydrogens is 163 g/mol. The molecule has 1 aromatic carbocycles. The standard InChI is InChI=1S/C7H6FN2O2/c8-6-1-5(4-9)2-7(3-6)10(11)12/h2-3H,4,9H2. The number of nitrogens with two attached hydrogens (primary N) is 1. The predicted molar refractivity (Wildman–Crippen MR) is 39.8 cm³/mol. The van der Waals surface area contributed by atoms with E-state index in [0.717, 1.165) is 6.07 Å². The Hall–Kier alpha value is -1.49. The van der Waals surface area contributed by atoms with Gasteiger partial charge in [-0.15, -0.1) is 0 Å². The Balaban J connectivity index is 3.15. The van der Waals surface area contributed by atoms with Gasteiger partial charge in [-0.05, 0) is 5.56 Å². The van der Waals surface area contributed by atoms with Crippen LogP contribution in [-0.2, 0) is 6.54 Å². The summed E-state index contributed by atoms with van der Waals surface area (Å²) < 4.78 is 12.6. The van der Waals surface area contributed by atoms with Crippen LogP contribution in [0.15, 0.2) is 12.1 Å². The van der Waals surface area contributed by atoms with Gasteiger partial charge in [-0.25, -0.2) is 4.39 Å². The van der Waals surface area contributed by atoms with Crippen molar-refractivity contribution in [3.8, 4) is 0 Å². The van der Waals surface area contributed by atoms with Crippen LogP contribution in [0.3, 0.4) is 0 Å². The molecule has 4 nitrogen and oxygen atoms in total. The van der Waals surface area contributed by atoms with E-state index >= 15 is 0 Å². The maximum Gasteiger partial charge on any atom is 0.272 e. The van der Waals surface area contributed by atoms with E-state index in [2.05, 4.69) is 6.07 Å². The molecule has 0 saturated carbocycles. The van der Waals surface area contributed by atoms with E-state index in [1.807, 2.05) is 0 Å². The van der Waals surface area contributed by atoms with Gasteiger partial charge in [0, 0.05) is 18.7 Å². The van der Waals surface area contributed by atoms with Crippen LogP contribution >= 0.6 is 0 Å². The zero-order valence-electron chi connectivity index (χ0n) is 6.08. The van der Waals surface area contributed by atoms with Crippen LogP contribution in [0.2, 0.25) is 0 Å². The molecule has 0 heterocycles. The highest BCUT2D eigenvalue weighted by Crippen LogP contribution is 2.14. The van der Waals surface area contributed by atoms with Gasteiger partial charge in [0.2, 0.25) is 0 Å². The van der Waals surface area contributed by atoms with Crippen molar-refractivity contribution in [2.45, 2.75) is 6.54 Å². The molecule has 0 spiro atoms. The Bertz CT molecular complexity index is 314. The van der Waals surface area contributed by atoms with Crippen LogP contribution in [0.25, 0.3) is 0 Å². The van der Waals surface area contributed by atoms with Crippen molar-refractivity contribution in [2.24, 2.45) is 5.73 Å². The number of nitro groups is 1. The van der Waals surface area contributed by atoms with Crippen molar-refractivity contribution in [3.05, 3.63) is 39.7 Å². The number of nitro benzene ring substituents is 1. The lowest BCUT2D eigenvalue weighted by molar-refractivity contribution is -0.385. The highest BCUT2D eigenvalue weighted by Gasteiger charge is 2.08. The minimum atomic E-state index is -0.760. The predicted octanol–water partition coefficient (Wildman–Crippen LogP) is 0.993. The quantitative estimate of drug-likeness (QED) is 0.530. The van der Waals surface area contributed by atoms with Gasteiger partial charge in [0.1, 0.15) is 5.82 Å². The zero-order chi connectivity index (χ0) is 9.14. The molecule has 0 aliphatic heterocycles. The zero-order valence-corrected chi connectivity index (χ0v) is 6.08. The van der Waals surface area contributed by atoms with E-state index < -0.39 is 10.7 Å². The molecule has 12 heavy (non-hydrogen) atoms. The number of hydrogen-bond acceptors (Lipinski definition) is 3. The van der Waals surface area contributed by atoms with Crippen LogP contribution in [0, 0.1) is 22.0 Å². The van der Waals surface area contributed by atoms with Gasteiger partial charge in [-0.3, -0.25) is 10.1 Å². The van der Waals surface area contributed by atoms with Crippen molar-refractivity contribution in [2.75, 3.05) is 0 Å². The first-order valence-electron chi connectivity index (χ1n) is 3.19. The average molecular weight is 169 g/mol. The number of rotatable bonds is 2. The Morgan fingerprint density at radius 3 is 2.83 bits per heavy atom. The van der Waals surface area contributed by atoms with E-state index in [-0.39, 0.29) is 12.2 Å². The fraction of sp³-hybridized carbons (Fsp3) is 0.143. The van der Waals surface area contributed by atoms with Gasteiger partial charge in [0.05, 0.1) is 11.0 Å². The van der Waals surface area contributed by atoms with Gasteiger partial charge in [0.15, 0.2) is 0 Å². The lowest BCUT2D eigenvalue weighted by atomic mass is 10.2. The van der Waals surface area contributed by atoms with Crippen LogP contribution < -0.4 is 5.73 Å². The van der Waals surface area contributed by atoms with E-state index in [4.69, 9.17) is 5.73 Å². The summed E-state index contributed by atoms with van der Waals surface area (Å²) in [5.74, 6) is -0.760. The molecule has 0 saturated heterocycles. The van der Waals surface area contributed by atoms with E-state index in [0.29, 0.717) is 5.56 Å². The third kappa shape index (κ3) is 1.76. The third-order valence-corrected chi connectivity index (χ3v) is 1.31. The minimum Gasteiger partial charge on any atom is -0.326 e. The van der Waals surface area contributed by atoms with Crippen molar-refractivity contribution < 1.29 is 9.31 Å². The molecule has 0 aliphatic rings. The normalized spacial score (nSPS) is 9.83. The topological polar surface area (TPSA) is 69.2 Å². The van der Waals surface area contributed by atoms with Crippen molar-refractivity contribution in [1.82, 2.24) is 0 Å². The molecule has 2 N–H and O–H groups in total. The fourth-order valence-corrected chi connectivity index (χ4v) is 0.791. The number of non-ortho nitro benzene ring substituents is 1. The molecule has 1 radical (unpaired) electrons. The SMILES string of the molecule is NCc1[c]c(F)cc([N+](=O)[O-])c1. The van der Waals surface area contributed by atoms with Crippen LogP contribution in [-0.4, -0.2) is 4.92 Å². The highest BCUT2D eigenvalue weighted by molar-refractivity contribution is 5.34. The molecule has 0 amide bonds. The second kappa shape index (κ2) is 3.27. The molecule has 0 bridgehead atoms. The second-order valence-electron chi connectivity index (χ2n) is 2.17. The van der Waals surface area contributed by atoms with Gasteiger partial charge >= 0.3 is 0 Å². The Morgan fingerprint density at radius 1 is 1.67 bits per heavy atom. The van der Waals surface area contributed by atoms with Gasteiger partial charge in [-0.1, -0.05) is 0 Å². The molecule has 0 fully saturated rings.